The Morgan fingerprint density at radius 2 is 2.11 bits per heavy atom. The molecule has 1 fully saturated rings. The standard InChI is InChI=1S/C10H8Cl3NO4S/c1-4-2-5(9(17)18-3-10(11,12)13)14-7(16)6(15)8(14)19-4/h2,4,8H,3H2,1H3/t4?,8-/m1/s1. The predicted molar refractivity (Wildman–Crippen MR) is 72.0 cm³/mol. The van der Waals surface area contributed by atoms with Crippen molar-refractivity contribution in [1.29, 1.82) is 0 Å². The van der Waals surface area contributed by atoms with Crippen LogP contribution in [0.25, 0.3) is 0 Å². The number of ketones is 1. The second-order valence-electron chi connectivity index (χ2n) is 3.98. The molecule has 0 N–H and O–H groups in total. The average molecular weight is 345 g/mol. The van der Waals surface area contributed by atoms with Crippen molar-refractivity contribution in [3.05, 3.63) is 11.8 Å². The maximum absolute atomic E-state index is 11.9. The van der Waals surface area contributed by atoms with Gasteiger partial charge >= 0.3 is 5.97 Å². The normalized spacial score (nSPS) is 26.5. The Hall–Kier alpha value is -0.430. The van der Waals surface area contributed by atoms with Gasteiger partial charge in [-0.25, -0.2) is 4.79 Å². The van der Waals surface area contributed by atoms with Gasteiger partial charge in [-0.15, -0.1) is 11.8 Å². The number of nitrogens with zero attached hydrogens (tertiary/aromatic N) is 1. The summed E-state index contributed by atoms with van der Waals surface area (Å²) in [6, 6.07) is 0. The Balaban J connectivity index is 2.12. The fourth-order valence-electron chi connectivity index (χ4n) is 1.67. The molecular formula is C10H8Cl3NO4S. The number of hydrogen-bond acceptors (Lipinski definition) is 5. The first-order valence-corrected chi connectivity index (χ1v) is 7.27. The van der Waals surface area contributed by atoms with Crippen LogP contribution in [0.2, 0.25) is 0 Å². The van der Waals surface area contributed by atoms with Crippen LogP contribution in [0.3, 0.4) is 0 Å². The van der Waals surface area contributed by atoms with Crippen molar-refractivity contribution in [1.82, 2.24) is 4.90 Å². The topological polar surface area (TPSA) is 63.7 Å². The number of alkyl halides is 3. The van der Waals surface area contributed by atoms with E-state index in [-0.39, 0.29) is 10.9 Å². The van der Waals surface area contributed by atoms with E-state index in [1.165, 1.54) is 11.8 Å². The largest absolute Gasteiger partial charge is 0.456 e. The molecule has 2 aliphatic rings. The Labute approximate surface area is 128 Å². The fraction of sp³-hybridized carbons (Fsp3) is 0.500. The molecule has 19 heavy (non-hydrogen) atoms. The van der Waals surface area contributed by atoms with Crippen LogP contribution in [-0.2, 0) is 19.1 Å². The van der Waals surface area contributed by atoms with E-state index in [1.807, 2.05) is 0 Å². The summed E-state index contributed by atoms with van der Waals surface area (Å²) in [5.74, 6) is -2.03. The van der Waals surface area contributed by atoms with Crippen molar-refractivity contribution in [3.63, 3.8) is 0 Å². The van der Waals surface area contributed by atoms with Gasteiger partial charge in [0.2, 0.25) is 3.79 Å². The van der Waals surface area contributed by atoms with Crippen molar-refractivity contribution in [2.75, 3.05) is 6.61 Å². The van der Waals surface area contributed by atoms with Crippen molar-refractivity contribution in [2.24, 2.45) is 0 Å². The lowest BCUT2D eigenvalue weighted by atomic mass is 10.1. The SMILES string of the molecule is CC1C=C(C(=O)OCC(Cl)(Cl)Cl)N2C(=O)C(=O)[C@H]2S1. The number of ether oxygens (including phenoxy) is 1. The zero-order valence-corrected chi connectivity index (χ0v) is 12.6. The number of rotatable bonds is 2. The molecule has 0 saturated carbocycles. The highest BCUT2D eigenvalue weighted by molar-refractivity contribution is 8.01. The lowest BCUT2D eigenvalue weighted by Crippen LogP contribution is -2.62. The molecule has 1 saturated heterocycles. The molecule has 0 radical (unpaired) electrons. The summed E-state index contributed by atoms with van der Waals surface area (Å²) in [7, 11) is 0. The quantitative estimate of drug-likeness (QED) is 0.330. The van der Waals surface area contributed by atoms with Crippen LogP contribution in [0.15, 0.2) is 11.8 Å². The van der Waals surface area contributed by atoms with Gasteiger partial charge in [-0.05, 0) is 13.0 Å². The molecule has 2 atom stereocenters. The van der Waals surface area contributed by atoms with E-state index >= 15 is 0 Å². The van der Waals surface area contributed by atoms with E-state index in [0.29, 0.717) is 0 Å². The molecule has 9 heteroatoms. The van der Waals surface area contributed by atoms with Crippen LogP contribution in [0.4, 0.5) is 0 Å². The Kier molecular flexibility index (Phi) is 4.07. The molecule has 2 heterocycles. The molecule has 5 nitrogen and oxygen atoms in total. The molecule has 0 aromatic heterocycles. The minimum Gasteiger partial charge on any atom is -0.456 e. The number of halogens is 3. The summed E-state index contributed by atoms with van der Waals surface area (Å²) < 4.78 is 3.09. The van der Waals surface area contributed by atoms with Crippen molar-refractivity contribution in [2.45, 2.75) is 21.3 Å². The second-order valence-corrected chi connectivity index (χ2v) is 7.95. The molecular weight excluding hydrogens is 337 g/mol. The summed E-state index contributed by atoms with van der Waals surface area (Å²) in [4.78, 5) is 35.8. The number of carbonyl (C=O) groups is 3. The molecule has 2 aliphatic heterocycles. The van der Waals surface area contributed by atoms with Gasteiger partial charge < -0.3 is 4.74 Å². The third kappa shape index (κ3) is 3.02. The van der Waals surface area contributed by atoms with E-state index in [4.69, 9.17) is 39.5 Å². The van der Waals surface area contributed by atoms with Gasteiger partial charge in [0.05, 0.1) is 0 Å². The van der Waals surface area contributed by atoms with E-state index in [9.17, 15) is 14.4 Å². The molecule has 0 spiro atoms. The van der Waals surface area contributed by atoms with Crippen LogP contribution in [0, 0.1) is 0 Å². The first-order chi connectivity index (χ1) is 8.70. The summed E-state index contributed by atoms with van der Waals surface area (Å²) in [5.41, 5.74) is 0.0232. The van der Waals surface area contributed by atoms with Gasteiger partial charge in [-0.2, -0.15) is 0 Å². The van der Waals surface area contributed by atoms with E-state index in [2.05, 4.69) is 0 Å². The highest BCUT2D eigenvalue weighted by Crippen LogP contribution is 2.38. The molecule has 0 aromatic carbocycles. The molecule has 0 bridgehead atoms. The highest BCUT2D eigenvalue weighted by Gasteiger charge is 2.53. The Morgan fingerprint density at radius 1 is 1.47 bits per heavy atom. The first-order valence-electron chi connectivity index (χ1n) is 5.19. The van der Waals surface area contributed by atoms with Crippen molar-refractivity contribution >= 4 is 64.2 Å². The molecule has 104 valence electrons. The maximum Gasteiger partial charge on any atom is 0.354 e. The van der Waals surface area contributed by atoms with Crippen LogP contribution in [0.5, 0.6) is 0 Å². The monoisotopic (exact) mass is 343 g/mol. The molecule has 2 rings (SSSR count). The van der Waals surface area contributed by atoms with Crippen LogP contribution in [-0.4, -0.2) is 43.6 Å². The van der Waals surface area contributed by atoms with Gasteiger partial charge in [0.15, 0.2) is 5.37 Å². The summed E-state index contributed by atoms with van der Waals surface area (Å²) in [6.45, 7) is 1.37. The lowest BCUT2D eigenvalue weighted by Gasteiger charge is -2.42. The lowest BCUT2D eigenvalue weighted by molar-refractivity contribution is -0.157. The number of Topliss-reactive ketones (excluding diaryl/α,β-unsaturated/α-hetero) is 1. The second kappa shape index (κ2) is 5.16. The molecule has 1 unspecified atom stereocenters. The first kappa shape index (κ1) is 15.0. The summed E-state index contributed by atoms with van der Waals surface area (Å²) >= 11 is 17.7. The zero-order valence-electron chi connectivity index (χ0n) is 9.56. The van der Waals surface area contributed by atoms with Crippen molar-refractivity contribution < 1.29 is 19.1 Å². The number of hydrogen-bond donors (Lipinski definition) is 0. The zero-order chi connectivity index (χ0) is 14.4. The number of amides is 1. The number of esters is 1. The molecule has 0 aromatic rings. The van der Waals surface area contributed by atoms with Gasteiger partial charge in [0, 0.05) is 5.25 Å². The third-order valence-electron chi connectivity index (χ3n) is 2.46. The predicted octanol–water partition coefficient (Wildman–Crippen LogP) is 1.66. The Morgan fingerprint density at radius 3 is 2.68 bits per heavy atom. The Bertz CT molecular complexity index is 488. The third-order valence-corrected chi connectivity index (χ3v) is 4.04. The highest BCUT2D eigenvalue weighted by atomic mass is 35.6. The van der Waals surface area contributed by atoms with E-state index < -0.39 is 33.4 Å². The maximum atomic E-state index is 11.9. The minimum absolute atomic E-state index is 0.0232. The summed E-state index contributed by atoms with van der Waals surface area (Å²) in [6.07, 6.45) is 1.55. The summed E-state index contributed by atoms with van der Waals surface area (Å²) in [5, 5.41) is -0.739. The number of β-lactam (4-membered cyclic amide) rings is 1. The van der Waals surface area contributed by atoms with Crippen LogP contribution in [0.1, 0.15) is 6.92 Å². The van der Waals surface area contributed by atoms with Crippen LogP contribution >= 0.6 is 46.6 Å². The van der Waals surface area contributed by atoms with E-state index in [1.54, 1.807) is 13.0 Å². The number of thioether (sulfide) groups is 1. The average Bonchev–Trinajstić information content (AvgIpc) is 2.33. The van der Waals surface area contributed by atoms with Gasteiger partial charge in [-0.1, -0.05) is 34.8 Å². The number of carbonyl (C=O) groups excluding carboxylic acids is 3. The van der Waals surface area contributed by atoms with Crippen molar-refractivity contribution in [3.8, 4) is 0 Å². The molecule has 0 aliphatic carbocycles. The number of fused-ring (bicyclic) bond motifs is 1. The minimum atomic E-state index is -1.72. The van der Waals surface area contributed by atoms with Gasteiger partial charge in [-0.3, -0.25) is 14.5 Å². The van der Waals surface area contributed by atoms with Gasteiger partial charge in [0.1, 0.15) is 12.3 Å². The smallest absolute Gasteiger partial charge is 0.354 e. The van der Waals surface area contributed by atoms with E-state index in [0.717, 1.165) is 4.90 Å². The van der Waals surface area contributed by atoms with Crippen LogP contribution < -0.4 is 0 Å². The fourth-order valence-corrected chi connectivity index (χ4v) is 3.01. The molecule has 1 amide bonds. The van der Waals surface area contributed by atoms with Gasteiger partial charge in [0.25, 0.3) is 11.7 Å².